The van der Waals surface area contributed by atoms with Crippen LogP contribution in [0.3, 0.4) is 0 Å². The molecule has 0 amide bonds. The van der Waals surface area contributed by atoms with Crippen molar-refractivity contribution in [2.45, 2.75) is 67.2 Å². The predicted molar refractivity (Wildman–Crippen MR) is 110 cm³/mol. The van der Waals surface area contributed by atoms with E-state index >= 15 is 0 Å². The quantitative estimate of drug-likeness (QED) is 0.651. The number of nitrogens with zero attached hydrogens (tertiary/aromatic N) is 3. The second-order valence-electron chi connectivity index (χ2n) is 6.24. The fraction of sp³-hybridized carbons (Fsp3) is 0.714. The lowest BCUT2D eigenvalue weighted by molar-refractivity contribution is 0.222. The first-order valence-corrected chi connectivity index (χ1v) is 9.54. The summed E-state index contributed by atoms with van der Waals surface area (Å²) in [5.41, 5.74) is 1.42. The highest BCUT2D eigenvalue weighted by atomic mass is 15.1. The molecular weight excluding hydrogens is 294 g/mol. The van der Waals surface area contributed by atoms with Gasteiger partial charge in [-0.05, 0) is 69.1 Å². The second kappa shape index (κ2) is 18.1. The molecule has 0 N–H and O–H groups in total. The summed E-state index contributed by atoms with van der Waals surface area (Å²) in [5.74, 6) is 1.58. The molecule has 1 saturated heterocycles. The van der Waals surface area contributed by atoms with E-state index in [0.29, 0.717) is 0 Å². The summed E-state index contributed by atoms with van der Waals surface area (Å²) >= 11 is 0. The molecule has 0 aliphatic carbocycles. The first-order chi connectivity index (χ1) is 11.5. The Morgan fingerprint density at radius 2 is 1.75 bits per heavy atom. The standard InChI is InChI=1S/C12H18N2.C4H10.C3H7N.C2H6/c1-2-14-8-5-11(6-9-14)12-4-3-7-13-10-12;1-4(2)3;1-3-4-2;1-2/h3-4,7,10-11H,2,5-6,8-9H2,1H3;4H,1-3H3;3H,1-2H3;1-2H3. The first-order valence-electron chi connectivity index (χ1n) is 9.54. The van der Waals surface area contributed by atoms with Gasteiger partial charge in [0.25, 0.3) is 0 Å². The van der Waals surface area contributed by atoms with Gasteiger partial charge in [0.2, 0.25) is 0 Å². The van der Waals surface area contributed by atoms with Crippen LogP contribution in [-0.4, -0.2) is 42.8 Å². The van der Waals surface area contributed by atoms with E-state index in [9.17, 15) is 0 Å². The third kappa shape index (κ3) is 14.4. The van der Waals surface area contributed by atoms with Gasteiger partial charge in [-0.3, -0.25) is 4.98 Å². The molecule has 2 heterocycles. The first kappa shape index (κ1) is 25.0. The average molecular weight is 336 g/mol. The number of aliphatic imine (C=N–C) groups is 1. The number of aromatic nitrogens is 1. The molecule has 0 aromatic carbocycles. The molecule has 0 unspecified atom stereocenters. The van der Waals surface area contributed by atoms with Gasteiger partial charge in [-0.25, -0.2) is 0 Å². The van der Waals surface area contributed by atoms with Crippen molar-refractivity contribution >= 4 is 6.21 Å². The fourth-order valence-electron chi connectivity index (χ4n) is 2.20. The highest BCUT2D eigenvalue weighted by Gasteiger charge is 2.19. The van der Waals surface area contributed by atoms with Crippen LogP contribution in [0.5, 0.6) is 0 Å². The maximum absolute atomic E-state index is 4.19. The lowest BCUT2D eigenvalue weighted by atomic mass is 9.90. The van der Waals surface area contributed by atoms with Crippen LogP contribution in [-0.2, 0) is 0 Å². The smallest absolute Gasteiger partial charge is 0.0302 e. The third-order valence-electron chi connectivity index (χ3n) is 3.45. The molecule has 0 spiro atoms. The van der Waals surface area contributed by atoms with Crippen LogP contribution in [0.2, 0.25) is 0 Å². The van der Waals surface area contributed by atoms with E-state index in [-0.39, 0.29) is 0 Å². The van der Waals surface area contributed by atoms with Crippen LogP contribution in [0, 0.1) is 5.92 Å². The number of likely N-dealkylation sites (tertiary alicyclic amines) is 1. The molecule has 0 radical (unpaired) electrons. The minimum atomic E-state index is 0.742. The zero-order chi connectivity index (χ0) is 18.8. The number of rotatable bonds is 2. The summed E-state index contributed by atoms with van der Waals surface area (Å²) in [4.78, 5) is 10.3. The topological polar surface area (TPSA) is 28.5 Å². The van der Waals surface area contributed by atoms with E-state index in [2.05, 4.69) is 48.6 Å². The lowest BCUT2D eigenvalue weighted by Crippen LogP contribution is -2.32. The van der Waals surface area contributed by atoms with Crippen molar-refractivity contribution < 1.29 is 0 Å². The molecule has 1 fully saturated rings. The van der Waals surface area contributed by atoms with E-state index in [1.54, 1.807) is 13.3 Å². The van der Waals surface area contributed by atoms with Crippen LogP contribution in [0.15, 0.2) is 29.5 Å². The Bertz CT molecular complexity index is 359. The van der Waals surface area contributed by atoms with Gasteiger partial charge in [0.05, 0.1) is 0 Å². The van der Waals surface area contributed by atoms with Gasteiger partial charge >= 0.3 is 0 Å². The largest absolute Gasteiger partial charge is 0.304 e. The van der Waals surface area contributed by atoms with Crippen molar-refractivity contribution in [1.29, 1.82) is 0 Å². The molecule has 0 bridgehead atoms. The van der Waals surface area contributed by atoms with Crippen molar-refractivity contribution in [3.05, 3.63) is 30.1 Å². The van der Waals surface area contributed by atoms with Crippen molar-refractivity contribution in [3.63, 3.8) is 0 Å². The zero-order valence-electron chi connectivity index (χ0n) is 17.4. The molecule has 1 aromatic rings. The zero-order valence-corrected chi connectivity index (χ0v) is 17.4. The Hall–Kier alpha value is -1.22. The maximum atomic E-state index is 4.19. The second-order valence-corrected chi connectivity index (χ2v) is 6.24. The van der Waals surface area contributed by atoms with Gasteiger partial charge < -0.3 is 9.89 Å². The van der Waals surface area contributed by atoms with Crippen LogP contribution >= 0.6 is 0 Å². The normalized spacial score (nSPS) is 14.9. The van der Waals surface area contributed by atoms with Crippen molar-refractivity contribution in [1.82, 2.24) is 9.88 Å². The summed E-state index contributed by atoms with van der Waals surface area (Å²) in [7, 11) is 1.75. The molecule has 2 rings (SSSR count). The Balaban J connectivity index is 0. The van der Waals surface area contributed by atoms with E-state index in [1.807, 2.05) is 39.2 Å². The SMILES string of the molecule is CC.CC(C)C.CC=NC.CCN1CCC(c2cccnc2)CC1. The predicted octanol–water partition coefficient (Wildman–Crippen LogP) is 5.68. The van der Waals surface area contributed by atoms with Gasteiger partial charge in [0.15, 0.2) is 0 Å². The van der Waals surface area contributed by atoms with Gasteiger partial charge in [0.1, 0.15) is 0 Å². The molecule has 0 saturated carbocycles. The number of pyridine rings is 1. The Morgan fingerprint density at radius 3 is 2.08 bits per heavy atom. The molecule has 1 aliphatic heterocycles. The molecule has 3 nitrogen and oxygen atoms in total. The fourth-order valence-corrected chi connectivity index (χ4v) is 2.20. The molecule has 3 heteroatoms. The van der Waals surface area contributed by atoms with Crippen LogP contribution < -0.4 is 0 Å². The van der Waals surface area contributed by atoms with E-state index in [0.717, 1.165) is 11.8 Å². The van der Waals surface area contributed by atoms with Crippen molar-refractivity contribution in [2.24, 2.45) is 10.9 Å². The summed E-state index contributed by atoms with van der Waals surface area (Å²) in [6.45, 7) is 18.3. The number of hydrogen-bond donors (Lipinski definition) is 0. The molecule has 140 valence electrons. The molecule has 1 aromatic heterocycles. The lowest BCUT2D eigenvalue weighted by Gasteiger charge is -2.30. The monoisotopic (exact) mass is 335 g/mol. The third-order valence-corrected chi connectivity index (χ3v) is 3.45. The Kier molecular flexibility index (Phi) is 18.9. The van der Waals surface area contributed by atoms with Crippen molar-refractivity contribution in [2.75, 3.05) is 26.7 Å². The van der Waals surface area contributed by atoms with Crippen LogP contribution in [0.1, 0.15) is 72.8 Å². The van der Waals surface area contributed by atoms with Gasteiger partial charge in [-0.2, -0.15) is 0 Å². The Labute approximate surface area is 151 Å². The van der Waals surface area contributed by atoms with E-state index < -0.39 is 0 Å². The van der Waals surface area contributed by atoms with Gasteiger partial charge in [-0.1, -0.05) is 47.6 Å². The number of piperidine rings is 1. The summed E-state index contributed by atoms with van der Waals surface area (Å²) in [6.07, 6.45) is 8.20. The molecule has 1 aliphatic rings. The minimum absolute atomic E-state index is 0.742. The van der Waals surface area contributed by atoms with E-state index in [4.69, 9.17) is 0 Å². The van der Waals surface area contributed by atoms with Gasteiger partial charge in [-0.15, -0.1) is 0 Å². The highest BCUT2D eigenvalue weighted by Crippen LogP contribution is 2.26. The minimum Gasteiger partial charge on any atom is -0.304 e. The highest BCUT2D eigenvalue weighted by molar-refractivity contribution is 5.52. The number of hydrogen-bond acceptors (Lipinski definition) is 3. The Morgan fingerprint density at radius 1 is 1.25 bits per heavy atom. The van der Waals surface area contributed by atoms with Crippen molar-refractivity contribution in [3.8, 4) is 0 Å². The maximum Gasteiger partial charge on any atom is 0.0302 e. The van der Waals surface area contributed by atoms with Crippen LogP contribution in [0.4, 0.5) is 0 Å². The summed E-state index contributed by atoms with van der Waals surface area (Å²) in [6, 6.07) is 4.25. The molecular formula is C21H41N3. The average Bonchev–Trinajstić information content (AvgIpc) is 2.64. The summed E-state index contributed by atoms with van der Waals surface area (Å²) < 4.78 is 0. The van der Waals surface area contributed by atoms with Crippen LogP contribution in [0.25, 0.3) is 0 Å². The van der Waals surface area contributed by atoms with Gasteiger partial charge in [0, 0.05) is 19.4 Å². The van der Waals surface area contributed by atoms with E-state index in [1.165, 1.54) is 38.0 Å². The summed E-state index contributed by atoms with van der Waals surface area (Å²) in [5, 5.41) is 0. The molecule has 0 atom stereocenters. The molecule has 24 heavy (non-hydrogen) atoms.